The molecule has 0 saturated carbocycles. The molecule has 1 radical (unpaired) electrons. The summed E-state index contributed by atoms with van der Waals surface area (Å²) in [4.78, 5) is 0. The fourth-order valence-electron chi connectivity index (χ4n) is 0. The van der Waals surface area contributed by atoms with Gasteiger partial charge in [0, 0.05) is 53.0 Å². The Morgan fingerprint density at radius 3 is 1.20 bits per heavy atom. The quantitative estimate of drug-likeness (QED) is 0.564. The van der Waals surface area contributed by atoms with Crippen LogP contribution in [-0.2, 0) is 72.8 Å². The number of hydrogen-bond donors (Lipinski definition) is 0. The van der Waals surface area contributed by atoms with E-state index in [2.05, 4.69) is 0 Å². The van der Waals surface area contributed by atoms with E-state index >= 15 is 0 Å². The molecule has 0 N–H and O–H groups in total. The SMILES string of the molecule is [CH3][Mo].[Cr].[Fe].[V]. The van der Waals surface area contributed by atoms with Crippen LogP contribution in [0.2, 0.25) is 5.31 Å². The molecule has 0 rings (SSSR count). The van der Waals surface area contributed by atoms with E-state index in [-0.39, 0.29) is 53.0 Å². The minimum absolute atomic E-state index is 0. The van der Waals surface area contributed by atoms with Crippen LogP contribution in [0.3, 0.4) is 0 Å². The molecule has 0 spiro atoms. The van der Waals surface area contributed by atoms with E-state index in [9.17, 15) is 0 Å². The van der Waals surface area contributed by atoms with Crippen molar-refractivity contribution in [2.45, 2.75) is 5.31 Å². The smallest absolute Gasteiger partial charge is 0 e. The maximum atomic E-state index is 2.01. The summed E-state index contributed by atoms with van der Waals surface area (Å²) in [5, 5.41) is 2.01. The number of hydrogen-bond acceptors (Lipinski definition) is 0. The fourth-order valence-corrected chi connectivity index (χ4v) is 0. The molecule has 0 amide bonds. The van der Waals surface area contributed by atoms with Gasteiger partial charge in [0.25, 0.3) is 0 Å². The van der Waals surface area contributed by atoms with Crippen LogP contribution < -0.4 is 0 Å². The van der Waals surface area contributed by atoms with Gasteiger partial charge >= 0.3 is 25.1 Å². The maximum absolute atomic E-state index is 2.01. The van der Waals surface area contributed by atoms with Crippen molar-refractivity contribution in [3.63, 3.8) is 0 Å². The third kappa shape index (κ3) is 21.9. The molecule has 0 fully saturated rings. The Morgan fingerprint density at radius 1 is 1.20 bits per heavy atom. The molecule has 0 saturated heterocycles. The Morgan fingerprint density at radius 2 is 1.20 bits per heavy atom. The molecule has 0 aromatic carbocycles. The van der Waals surface area contributed by atoms with Crippen molar-refractivity contribution < 1.29 is 72.8 Å². The van der Waals surface area contributed by atoms with Crippen LogP contribution in [0.1, 0.15) is 0 Å². The van der Waals surface area contributed by atoms with Crippen LogP contribution in [0.5, 0.6) is 0 Å². The van der Waals surface area contributed by atoms with Gasteiger partial charge in [0.1, 0.15) is 0 Å². The molecule has 0 atom stereocenters. The second-order valence-corrected chi connectivity index (χ2v) is 0. The van der Waals surface area contributed by atoms with Gasteiger partial charge in [-0.15, -0.1) is 0 Å². The van der Waals surface area contributed by atoms with Crippen molar-refractivity contribution in [3.8, 4) is 0 Å². The predicted molar refractivity (Wildman–Crippen MR) is 5.86 cm³/mol. The van der Waals surface area contributed by atoms with Gasteiger partial charge in [-0.25, -0.2) is 0 Å². The molecule has 0 nitrogen and oxygen atoms in total. The van der Waals surface area contributed by atoms with Crippen molar-refractivity contribution in [2.24, 2.45) is 0 Å². The first-order valence-corrected chi connectivity index (χ1v) is 2.42. The monoisotopic (exact) mass is 272 g/mol. The van der Waals surface area contributed by atoms with E-state index in [0.29, 0.717) is 0 Å². The van der Waals surface area contributed by atoms with Crippen LogP contribution in [0.25, 0.3) is 0 Å². The van der Waals surface area contributed by atoms with E-state index in [1.807, 2.05) is 25.1 Å². The minimum atomic E-state index is 0. The summed E-state index contributed by atoms with van der Waals surface area (Å²) in [6.45, 7) is 0. The van der Waals surface area contributed by atoms with Crippen molar-refractivity contribution in [1.29, 1.82) is 0 Å². The topological polar surface area (TPSA) is 0 Å². The van der Waals surface area contributed by atoms with Crippen LogP contribution in [-0.4, -0.2) is 0 Å². The minimum Gasteiger partial charge on any atom is 0 e. The first-order chi connectivity index (χ1) is 1.00. The maximum Gasteiger partial charge on any atom is 0 e. The van der Waals surface area contributed by atoms with E-state index in [4.69, 9.17) is 0 Å². The normalized spacial score (nSPS) is 1.00. The number of rotatable bonds is 0. The molecule has 5 heavy (non-hydrogen) atoms. The second kappa shape index (κ2) is 33.2. The molecule has 0 aromatic heterocycles. The van der Waals surface area contributed by atoms with E-state index in [1.54, 1.807) is 0 Å². The average Bonchev–Trinajstić information content (AvgIpc) is 1.00. The van der Waals surface area contributed by atoms with E-state index < -0.39 is 0 Å². The van der Waals surface area contributed by atoms with E-state index in [0.717, 1.165) is 0 Å². The van der Waals surface area contributed by atoms with Gasteiger partial charge < -0.3 is 0 Å². The van der Waals surface area contributed by atoms with Crippen molar-refractivity contribution in [2.75, 3.05) is 0 Å². The second-order valence-electron chi connectivity index (χ2n) is 0. The zero-order valence-electron chi connectivity index (χ0n) is 2.62. The zero-order valence-corrected chi connectivity index (χ0v) is 8.40. The molecular weight excluding hydrogens is 267 g/mol. The molecule has 0 heterocycles. The van der Waals surface area contributed by atoms with Crippen LogP contribution >= 0.6 is 0 Å². The van der Waals surface area contributed by atoms with Crippen LogP contribution in [0.4, 0.5) is 0 Å². The molecule has 32 valence electrons. The molecule has 0 unspecified atom stereocenters. The van der Waals surface area contributed by atoms with Gasteiger partial charge in [0.15, 0.2) is 0 Å². The Hall–Kier alpha value is 2.32. The van der Waals surface area contributed by atoms with Crippen LogP contribution in [0.15, 0.2) is 0 Å². The Kier molecular flexibility index (Phi) is 176. The average molecular weight is 270 g/mol. The summed E-state index contributed by atoms with van der Waals surface area (Å²) < 4.78 is 0. The molecule has 0 aromatic rings. The first-order valence-electron chi connectivity index (χ1n) is 0.408. The summed E-state index contributed by atoms with van der Waals surface area (Å²) >= 11 is 1.95. The van der Waals surface area contributed by atoms with Gasteiger partial charge in [-0.3, -0.25) is 0 Å². The third-order valence-corrected chi connectivity index (χ3v) is 0. The summed E-state index contributed by atoms with van der Waals surface area (Å²) in [5.41, 5.74) is 0. The Balaban J connectivity index is -0.00000000167. The van der Waals surface area contributed by atoms with Gasteiger partial charge in [0.05, 0.1) is 0 Å². The van der Waals surface area contributed by atoms with Gasteiger partial charge in [-0.05, 0) is 0 Å². The van der Waals surface area contributed by atoms with Gasteiger partial charge in [-0.2, -0.15) is 0 Å². The first kappa shape index (κ1) is 26.5. The molecule has 0 bridgehead atoms. The zero-order chi connectivity index (χ0) is 2.00. The molecular formula is CH3CrFeMoV. The fraction of sp³-hybridized carbons (Fsp3) is 1.00. The predicted octanol–water partition coefficient (Wildman–Crippen LogP) is 0.574. The van der Waals surface area contributed by atoms with Gasteiger partial charge in [-0.1, -0.05) is 0 Å². The van der Waals surface area contributed by atoms with Crippen LogP contribution in [0, 0.1) is 0 Å². The summed E-state index contributed by atoms with van der Waals surface area (Å²) in [7, 11) is 0. The van der Waals surface area contributed by atoms with Crippen molar-refractivity contribution in [1.82, 2.24) is 0 Å². The Bertz CT molecular complexity index is 11.6. The summed E-state index contributed by atoms with van der Waals surface area (Å²) in [5.74, 6) is 0. The molecule has 4 heteroatoms. The summed E-state index contributed by atoms with van der Waals surface area (Å²) in [6.07, 6.45) is 0. The molecule has 0 aliphatic carbocycles. The van der Waals surface area contributed by atoms with Crippen molar-refractivity contribution in [3.05, 3.63) is 0 Å². The largest absolute Gasteiger partial charge is 0 e. The van der Waals surface area contributed by atoms with Crippen molar-refractivity contribution >= 4 is 0 Å². The Labute approximate surface area is 77.2 Å². The van der Waals surface area contributed by atoms with Gasteiger partial charge in [0.2, 0.25) is 0 Å². The van der Waals surface area contributed by atoms with E-state index in [1.165, 1.54) is 0 Å². The third-order valence-electron chi connectivity index (χ3n) is 0. The summed E-state index contributed by atoms with van der Waals surface area (Å²) in [6, 6.07) is 0. The molecule has 0 aliphatic heterocycles. The standard InChI is InChI=1S/CH3.Cr.Fe.Mo.V/h1H3;;;;. The molecule has 0 aliphatic rings.